The normalized spacial score (nSPS) is 12.5. The number of aryl methyl sites for hydroxylation is 1. The maximum atomic E-state index is 12.2. The van der Waals surface area contributed by atoms with Gasteiger partial charge in [-0.05, 0) is 55.8 Å². The number of esters is 1. The summed E-state index contributed by atoms with van der Waals surface area (Å²) < 4.78 is 30.3. The number of benzene rings is 2. The average Bonchev–Trinajstić information content (AvgIpc) is 2.61. The van der Waals surface area contributed by atoms with E-state index in [1.54, 1.807) is 12.1 Å². The first kappa shape index (κ1) is 20.6. The van der Waals surface area contributed by atoms with Crippen LogP contribution in [0.5, 0.6) is 0 Å². The van der Waals surface area contributed by atoms with Crippen LogP contribution in [0.4, 0.5) is 5.69 Å². The molecule has 0 spiro atoms. The Hall–Kier alpha value is -2.71. The van der Waals surface area contributed by atoms with Gasteiger partial charge in [0, 0.05) is 19.8 Å². The van der Waals surface area contributed by atoms with Crippen molar-refractivity contribution in [2.75, 3.05) is 19.4 Å². The molecule has 8 heteroatoms. The highest BCUT2D eigenvalue weighted by molar-refractivity contribution is 7.89. The smallest absolute Gasteiger partial charge is 0.338 e. The predicted molar refractivity (Wildman–Crippen MR) is 102 cm³/mol. The predicted octanol–water partition coefficient (Wildman–Crippen LogP) is 2.43. The second kappa shape index (κ2) is 8.32. The van der Waals surface area contributed by atoms with Crippen molar-refractivity contribution in [1.29, 1.82) is 0 Å². The van der Waals surface area contributed by atoms with Crippen molar-refractivity contribution in [3.8, 4) is 0 Å². The van der Waals surface area contributed by atoms with Gasteiger partial charge in [0.25, 0.3) is 5.91 Å². The third-order valence-electron chi connectivity index (χ3n) is 3.81. The van der Waals surface area contributed by atoms with Crippen LogP contribution in [0.15, 0.2) is 53.4 Å². The molecule has 7 nitrogen and oxygen atoms in total. The number of carbonyl (C=O) groups is 2. The molecule has 2 aromatic carbocycles. The van der Waals surface area contributed by atoms with Crippen LogP contribution in [0.2, 0.25) is 0 Å². The van der Waals surface area contributed by atoms with E-state index in [1.807, 2.05) is 19.1 Å². The monoisotopic (exact) mass is 390 g/mol. The molecular weight excluding hydrogens is 368 g/mol. The molecule has 1 amide bonds. The highest BCUT2D eigenvalue weighted by Gasteiger charge is 2.21. The van der Waals surface area contributed by atoms with E-state index in [0.717, 1.165) is 9.87 Å². The molecule has 144 valence electrons. The fourth-order valence-corrected chi connectivity index (χ4v) is 3.12. The second-order valence-corrected chi connectivity index (χ2v) is 8.37. The third-order valence-corrected chi connectivity index (χ3v) is 5.64. The van der Waals surface area contributed by atoms with Gasteiger partial charge in [0.2, 0.25) is 10.0 Å². The average molecular weight is 390 g/mol. The number of nitrogens with one attached hydrogen (secondary N) is 1. The minimum absolute atomic E-state index is 0.0642. The van der Waals surface area contributed by atoms with Crippen LogP contribution in [-0.4, -0.2) is 44.8 Å². The maximum absolute atomic E-state index is 12.2. The first-order chi connectivity index (χ1) is 12.6. The third kappa shape index (κ3) is 5.15. The topological polar surface area (TPSA) is 92.8 Å². The van der Waals surface area contributed by atoms with Crippen molar-refractivity contribution < 1.29 is 22.7 Å². The number of nitrogens with zero attached hydrogens (tertiary/aromatic N) is 1. The number of ether oxygens (including phenoxy) is 1. The van der Waals surface area contributed by atoms with Crippen LogP contribution in [0.1, 0.15) is 22.8 Å². The summed E-state index contributed by atoms with van der Waals surface area (Å²) in [5.74, 6) is -1.17. The van der Waals surface area contributed by atoms with Crippen molar-refractivity contribution in [1.82, 2.24) is 4.31 Å². The highest BCUT2D eigenvalue weighted by atomic mass is 32.2. The van der Waals surface area contributed by atoms with Crippen LogP contribution in [0.3, 0.4) is 0 Å². The molecule has 27 heavy (non-hydrogen) atoms. The standard InChI is InChI=1S/C19H22N2O5S/c1-13-6-5-7-16(12-13)20-18(22)14(2)26-19(23)15-8-10-17(11-9-15)27(24,25)21(3)4/h5-12,14H,1-4H3,(H,20,22)/t14-/m1/s1. The number of sulfonamides is 1. The summed E-state index contributed by atoms with van der Waals surface area (Å²) in [6.07, 6.45) is -1.01. The minimum Gasteiger partial charge on any atom is -0.449 e. The van der Waals surface area contributed by atoms with Crippen molar-refractivity contribution >= 4 is 27.6 Å². The van der Waals surface area contributed by atoms with Gasteiger partial charge < -0.3 is 10.1 Å². The molecule has 0 fully saturated rings. The lowest BCUT2D eigenvalue weighted by Crippen LogP contribution is -2.30. The molecule has 0 aliphatic heterocycles. The van der Waals surface area contributed by atoms with Crippen LogP contribution in [-0.2, 0) is 19.6 Å². The highest BCUT2D eigenvalue weighted by Crippen LogP contribution is 2.15. The summed E-state index contributed by atoms with van der Waals surface area (Å²) in [6.45, 7) is 3.37. The zero-order valence-electron chi connectivity index (χ0n) is 15.6. The SMILES string of the molecule is Cc1cccc(NC(=O)[C@@H](C)OC(=O)c2ccc(S(=O)(=O)N(C)C)cc2)c1. The quantitative estimate of drug-likeness (QED) is 0.765. The van der Waals surface area contributed by atoms with Gasteiger partial charge in [0.15, 0.2) is 6.10 Å². The van der Waals surface area contributed by atoms with Gasteiger partial charge in [0.1, 0.15) is 0 Å². The van der Waals surface area contributed by atoms with E-state index in [4.69, 9.17) is 4.74 Å². The van der Waals surface area contributed by atoms with E-state index in [9.17, 15) is 18.0 Å². The number of rotatable bonds is 6. The summed E-state index contributed by atoms with van der Waals surface area (Å²) >= 11 is 0. The molecule has 0 radical (unpaired) electrons. The van der Waals surface area contributed by atoms with Crippen LogP contribution in [0.25, 0.3) is 0 Å². The fraction of sp³-hybridized carbons (Fsp3) is 0.263. The van der Waals surface area contributed by atoms with E-state index < -0.39 is 28.0 Å². The molecule has 0 aromatic heterocycles. The van der Waals surface area contributed by atoms with Crippen molar-refractivity contribution in [3.63, 3.8) is 0 Å². The second-order valence-electron chi connectivity index (χ2n) is 6.22. The molecule has 0 aliphatic carbocycles. The van der Waals surface area contributed by atoms with Gasteiger partial charge in [-0.2, -0.15) is 0 Å². The van der Waals surface area contributed by atoms with E-state index in [0.29, 0.717) is 5.69 Å². The molecule has 0 aliphatic rings. The van der Waals surface area contributed by atoms with Gasteiger partial charge in [-0.15, -0.1) is 0 Å². The number of anilines is 1. The van der Waals surface area contributed by atoms with Crippen LogP contribution in [0, 0.1) is 6.92 Å². The fourth-order valence-electron chi connectivity index (χ4n) is 2.22. The van der Waals surface area contributed by atoms with Gasteiger partial charge in [0.05, 0.1) is 10.5 Å². The first-order valence-corrected chi connectivity index (χ1v) is 9.66. The number of amides is 1. The Kier molecular flexibility index (Phi) is 6.35. The molecule has 2 rings (SSSR count). The van der Waals surface area contributed by atoms with E-state index in [-0.39, 0.29) is 10.5 Å². The summed E-state index contributed by atoms with van der Waals surface area (Å²) in [5.41, 5.74) is 1.76. The lowest BCUT2D eigenvalue weighted by molar-refractivity contribution is -0.123. The van der Waals surface area contributed by atoms with Gasteiger partial charge >= 0.3 is 5.97 Å². The van der Waals surface area contributed by atoms with Crippen molar-refractivity contribution in [3.05, 3.63) is 59.7 Å². The summed E-state index contributed by atoms with van der Waals surface area (Å²) in [6, 6.07) is 12.6. The number of carbonyl (C=O) groups excluding carboxylic acids is 2. The Labute approximate surface area is 159 Å². The summed E-state index contributed by atoms with van der Waals surface area (Å²) in [7, 11) is -0.732. The van der Waals surface area contributed by atoms with Crippen molar-refractivity contribution in [2.24, 2.45) is 0 Å². The van der Waals surface area contributed by atoms with E-state index >= 15 is 0 Å². The number of hydrogen-bond acceptors (Lipinski definition) is 5. The van der Waals surface area contributed by atoms with Crippen LogP contribution >= 0.6 is 0 Å². The van der Waals surface area contributed by atoms with Crippen molar-refractivity contribution in [2.45, 2.75) is 24.8 Å². The van der Waals surface area contributed by atoms with Gasteiger partial charge in [-0.1, -0.05) is 12.1 Å². The largest absolute Gasteiger partial charge is 0.449 e. The maximum Gasteiger partial charge on any atom is 0.338 e. The number of hydrogen-bond donors (Lipinski definition) is 1. The van der Waals surface area contributed by atoms with Gasteiger partial charge in [-0.3, -0.25) is 4.79 Å². The molecule has 1 atom stereocenters. The van der Waals surface area contributed by atoms with E-state index in [1.165, 1.54) is 45.3 Å². The zero-order chi connectivity index (χ0) is 20.2. The Morgan fingerprint density at radius 1 is 1.07 bits per heavy atom. The molecule has 2 aromatic rings. The van der Waals surface area contributed by atoms with E-state index in [2.05, 4.69) is 5.32 Å². The van der Waals surface area contributed by atoms with Gasteiger partial charge in [-0.25, -0.2) is 17.5 Å². The lowest BCUT2D eigenvalue weighted by Gasteiger charge is -2.14. The lowest BCUT2D eigenvalue weighted by atomic mass is 10.2. The summed E-state index contributed by atoms with van der Waals surface area (Å²) in [5, 5.41) is 2.68. The molecule has 0 saturated carbocycles. The molecule has 1 N–H and O–H groups in total. The zero-order valence-corrected chi connectivity index (χ0v) is 16.4. The first-order valence-electron chi connectivity index (χ1n) is 8.22. The van der Waals surface area contributed by atoms with Crippen LogP contribution < -0.4 is 5.32 Å². The Balaban J connectivity index is 2.02. The Morgan fingerprint density at radius 3 is 2.26 bits per heavy atom. The minimum atomic E-state index is -3.58. The molecular formula is C19H22N2O5S. The molecule has 0 unspecified atom stereocenters. The molecule has 0 bridgehead atoms. The summed E-state index contributed by atoms with van der Waals surface area (Å²) in [4.78, 5) is 24.4. The molecule has 0 saturated heterocycles. The Morgan fingerprint density at radius 2 is 1.70 bits per heavy atom. The molecule has 0 heterocycles. The Bertz CT molecular complexity index is 937.